The molecule has 0 saturated heterocycles. The maximum atomic E-state index is 12.8. The maximum Gasteiger partial charge on any atom is 0.286 e. The van der Waals surface area contributed by atoms with Crippen LogP contribution < -0.4 is 10.9 Å². The van der Waals surface area contributed by atoms with Crippen molar-refractivity contribution in [2.45, 2.75) is 39.7 Å². The van der Waals surface area contributed by atoms with Crippen molar-refractivity contribution in [2.75, 3.05) is 5.32 Å². The zero-order chi connectivity index (χ0) is 19.8. The van der Waals surface area contributed by atoms with E-state index in [4.69, 9.17) is 0 Å². The number of carbonyl (C=O) groups excluding carboxylic acids is 1. The van der Waals surface area contributed by atoms with Gasteiger partial charge in [-0.3, -0.25) is 14.0 Å². The number of hydrogen-bond donors (Lipinski definition) is 1. The van der Waals surface area contributed by atoms with Gasteiger partial charge in [0.15, 0.2) is 5.65 Å². The highest BCUT2D eigenvalue weighted by Gasteiger charge is 2.19. The number of anilines is 1. The van der Waals surface area contributed by atoms with Crippen LogP contribution in [0.1, 0.15) is 37.4 Å². The van der Waals surface area contributed by atoms with Crippen molar-refractivity contribution < 1.29 is 4.79 Å². The molecular weight excluding hydrogens is 378 g/mol. The number of amides is 1. The molecule has 0 aliphatic heterocycles. The van der Waals surface area contributed by atoms with Crippen LogP contribution in [0.3, 0.4) is 0 Å². The standard InChI is InChI=1S/C18H19N7O2S/c1-4-14-21-16-15(10(2)3)23-25(18(27)17(16)28-14)8-13(26)20-11-5-6-12-22-19-9-24(12)7-11/h5-7,9-10H,4,8H2,1-3H3,(H,20,26). The number of nitrogens with one attached hydrogen (secondary N) is 1. The Morgan fingerprint density at radius 1 is 1.32 bits per heavy atom. The molecule has 144 valence electrons. The van der Waals surface area contributed by atoms with Crippen LogP contribution in [-0.2, 0) is 17.8 Å². The smallest absolute Gasteiger partial charge is 0.286 e. The number of aryl methyl sites for hydroxylation is 1. The second-order valence-electron chi connectivity index (χ2n) is 6.70. The Kier molecular flexibility index (Phi) is 4.63. The molecule has 10 heteroatoms. The Morgan fingerprint density at radius 2 is 2.14 bits per heavy atom. The molecule has 0 bridgehead atoms. The van der Waals surface area contributed by atoms with E-state index in [1.165, 1.54) is 16.0 Å². The van der Waals surface area contributed by atoms with Crippen molar-refractivity contribution >= 4 is 38.8 Å². The summed E-state index contributed by atoms with van der Waals surface area (Å²) < 4.78 is 3.48. The summed E-state index contributed by atoms with van der Waals surface area (Å²) in [6, 6.07) is 3.48. The molecule has 0 aliphatic rings. The van der Waals surface area contributed by atoms with Gasteiger partial charge in [0.25, 0.3) is 5.56 Å². The zero-order valence-electron chi connectivity index (χ0n) is 15.7. The van der Waals surface area contributed by atoms with E-state index in [9.17, 15) is 9.59 Å². The van der Waals surface area contributed by atoms with E-state index in [-0.39, 0.29) is 23.9 Å². The second-order valence-corrected chi connectivity index (χ2v) is 7.79. The van der Waals surface area contributed by atoms with Crippen molar-refractivity contribution in [3.63, 3.8) is 0 Å². The molecule has 0 atom stereocenters. The second kappa shape index (κ2) is 7.12. The van der Waals surface area contributed by atoms with E-state index in [0.717, 1.165) is 17.1 Å². The first kappa shape index (κ1) is 18.2. The summed E-state index contributed by atoms with van der Waals surface area (Å²) in [6.07, 6.45) is 4.01. The third-order valence-corrected chi connectivity index (χ3v) is 5.48. The normalized spacial score (nSPS) is 11.6. The number of fused-ring (bicyclic) bond motifs is 2. The van der Waals surface area contributed by atoms with Gasteiger partial charge < -0.3 is 5.32 Å². The van der Waals surface area contributed by atoms with Crippen LogP contribution in [0.15, 0.2) is 29.5 Å². The number of rotatable bonds is 5. The highest BCUT2D eigenvalue weighted by Crippen LogP contribution is 2.25. The first-order valence-corrected chi connectivity index (χ1v) is 9.77. The largest absolute Gasteiger partial charge is 0.323 e. The lowest BCUT2D eigenvalue weighted by Gasteiger charge is -2.11. The lowest BCUT2D eigenvalue weighted by Crippen LogP contribution is -2.30. The highest BCUT2D eigenvalue weighted by atomic mass is 32.1. The molecule has 0 radical (unpaired) electrons. The van der Waals surface area contributed by atoms with Gasteiger partial charge >= 0.3 is 0 Å². The van der Waals surface area contributed by atoms with Crippen LogP contribution >= 0.6 is 11.3 Å². The fourth-order valence-corrected chi connectivity index (χ4v) is 3.86. The minimum atomic E-state index is -0.337. The molecule has 28 heavy (non-hydrogen) atoms. The number of pyridine rings is 1. The lowest BCUT2D eigenvalue weighted by atomic mass is 10.1. The highest BCUT2D eigenvalue weighted by molar-refractivity contribution is 7.18. The van der Waals surface area contributed by atoms with Crippen molar-refractivity contribution in [1.82, 2.24) is 29.4 Å². The molecule has 0 fully saturated rings. The Morgan fingerprint density at radius 3 is 2.89 bits per heavy atom. The molecule has 0 spiro atoms. The number of thiazole rings is 1. The molecule has 1 N–H and O–H groups in total. The minimum absolute atomic E-state index is 0.0837. The number of hydrogen-bond acceptors (Lipinski definition) is 7. The first-order chi connectivity index (χ1) is 13.5. The summed E-state index contributed by atoms with van der Waals surface area (Å²) >= 11 is 1.37. The van der Waals surface area contributed by atoms with E-state index in [1.54, 1.807) is 29.1 Å². The van der Waals surface area contributed by atoms with Crippen LogP contribution in [0.25, 0.3) is 15.9 Å². The number of carbonyl (C=O) groups is 1. The third-order valence-electron chi connectivity index (χ3n) is 4.29. The SMILES string of the molecule is CCc1nc2c(C(C)C)nn(CC(=O)Nc3ccc4nncn4c3)c(=O)c2s1. The molecule has 9 nitrogen and oxygen atoms in total. The predicted octanol–water partition coefficient (Wildman–Crippen LogP) is 2.22. The molecule has 4 aromatic rings. The number of aromatic nitrogens is 6. The molecular formula is C18H19N7O2S. The fourth-order valence-electron chi connectivity index (χ4n) is 2.91. The monoisotopic (exact) mass is 397 g/mol. The van der Waals surface area contributed by atoms with Crippen molar-refractivity contribution in [3.05, 3.63) is 45.7 Å². The Bertz CT molecular complexity index is 1240. The van der Waals surface area contributed by atoms with Crippen LogP contribution in [0.4, 0.5) is 5.69 Å². The van der Waals surface area contributed by atoms with E-state index in [0.29, 0.717) is 21.6 Å². The Hall–Kier alpha value is -3.14. The summed E-state index contributed by atoms with van der Waals surface area (Å²) in [5.41, 5.74) is 2.35. The summed E-state index contributed by atoms with van der Waals surface area (Å²) in [5.74, 6) is -0.253. The van der Waals surface area contributed by atoms with E-state index in [2.05, 4.69) is 25.6 Å². The van der Waals surface area contributed by atoms with Crippen LogP contribution in [0.2, 0.25) is 0 Å². The summed E-state index contributed by atoms with van der Waals surface area (Å²) in [6.45, 7) is 5.82. The molecule has 0 saturated carbocycles. The van der Waals surface area contributed by atoms with E-state index in [1.807, 2.05) is 20.8 Å². The molecule has 0 aliphatic carbocycles. The molecule has 0 unspecified atom stereocenters. The van der Waals surface area contributed by atoms with E-state index < -0.39 is 0 Å². The van der Waals surface area contributed by atoms with Crippen LogP contribution in [0.5, 0.6) is 0 Å². The zero-order valence-corrected chi connectivity index (χ0v) is 16.5. The van der Waals surface area contributed by atoms with Gasteiger partial charge in [-0.25, -0.2) is 9.67 Å². The van der Waals surface area contributed by atoms with Gasteiger partial charge in [-0.15, -0.1) is 21.5 Å². The first-order valence-electron chi connectivity index (χ1n) is 8.96. The average Bonchev–Trinajstić information content (AvgIpc) is 3.30. The third kappa shape index (κ3) is 3.26. The molecule has 4 aromatic heterocycles. The van der Waals surface area contributed by atoms with Crippen LogP contribution in [-0.4, -0.2) is 35.3 Å². The quantitative estimate of drug-likeness (QED) is 0.553. The van der Waals surface area contributed by atoms with Gasteiger partial charge in [-0.1, -0.05) is 20.8 Å². The Balaban J connectivity index is 1.65. The number of nitrogens with zero attached hydrogens (tertiary/aromatic N) is 6. The van der Waals surface area contributed by atoms with Crippen molar-refractivity contribution in [3.8, 4) is 0 Å². The summed E-state index contributed by atoms with van der Waals surface area (Å²) in [5, 5.41) is 15.8. The average molecular weight is 397 g/mol. The fraction of sp³-hybridized carbons (Fsp3) is 0.333. The molecule has 4 rings (SSSR count). The van der Waals surface area contributed by atoms with E-state index >= 15 is 0 Å². The van der Waals surface area contributed by atoms with Gasteiger partial charge in [-0.2, -0.15) is 5.10 Å². The lowest BCUT2D eigenvalue weighted by molar-refractivity contribution is -0.117. The van der Waals surface area contributed by atoms with Crippen LogP contribution in [0, 0.1) is 0 Å². The Labute approximate surface area is 164 Å². The topological polar surface area (TPSA) is 107 Å². The van der Waals surface area contributed by atoms with Gasteiger partial charge in [0.05, 0.1) is 16.4 Å². The molecule has 0 aromatic carbocycles. The van der Waals surface area contributed by atoms with Gasteiger partial charge in [0.1, 0.15) is 23.1 Å². The molecule has 1 amide bonds. The summed E-state index contributed by atoms with van der Waals surface area (Å²) in [7, 11) is 0. The van der Waals surface area contributed by atoms with Crippen molar-refractivity contribution in [1.29, 1.82) is 0 Å². The minimum Gasteiger partial charge on any atom is -0.323 e. The van der Waals surface area contributed by atoms with Gasteiger partial charge in [0, 0.05) is 6.20 Å². The van der Waals surface area contributed by atoms with Crippen molar-refractivity contribution in [2.24, 2.45) is 0 Å². The maximum absolute atomic E-state index is 12.8. The predicted molar refractivity (Wildman–Crippen MR) is 107 cm³/mol. The van der Waals surface area contributed by atoms with Gasteiger partial charge in [0.2, 0.25) is 5.91 Å². The van der Waals surface area contributed by atoms with Gasteiger partial charge in [-0.05, 0) is 24.5 Å². The molecule has 4 heterocycles. The summed E-state index contributed by atoms with van der Waals surface area (Å²) in [4.78, 5) is 29.9.